The van der Waals surface area contributed by atoms with E-state index in [1.54, 1.807) is 0 Å². The molecule has 0 saturated carbocycles. The zero-order chi connectivity index (χ0) is 16.0. The highest BCUT2D eigenvalue weighted by Gasteiger charge is 2.44. The monoisotopic (exact) mass is 324 g/mol. The second-order valence-electron chi connectivity index (χ2n) is 4.58. The molecular formula is C14H16ClF3O3. The summed E-state index contributed by atoms with van der Waals surface area (Å²) < 4.78 is 44.1. The van der Waals surface area contributed by atoms with E-state index in [9.17, 15) is 18.0 Å². The summed E-state index contributed by atoms with van der Waals surface area (Å²) >= 11 is 5.64. The number of carboxylic acid groups (broad SMARTS) is 1. The zero-order valence-electron chi connectivity index (χ0n) is 11.4. The van der Waals surface area contributed by atoms with E-state index in [4.69, 9.17) is 21.4 Å². The molecule has 0 bridgehead atoms. The Morgan fingerprint density at radius 1 is 1.33 bits per heavy atom. The molecule has 1 aromatic rings. The van der Waals surface area contributed by atoms with Crippen molar-refractivity contribution < 1.29 is 27.8 Å². The fraction of sp³-hybridized carbons (Fsp3) is 0.500. The van der Waals surface area contributed by atoms with Gasteiger partial charge in [-0.1, -0.05) is 43.5 Å². The van der Waals surface area contributed by atoms with E-state index in [1.807, 2.05) is 6.92 Å². The molecule has 0 aliphatic carbocycles. The lowest BCUT2D eigenvalue weighted by atomic mass is 10.1. The van der Waals surface area contributed by atoms with Crippen LogP contribution >= 0.6 is 11.6 Å². The molecule has 0 spiro atoms. The standard InChI is InChI=1S/C14H16ClF3O3/c1-2-3-4-11(13(19)20)21-12(14(16,17)18)9-5-7-10(15)8-6-9/h5-8,11-12H,2-4H2,1H3,(H,19,20). The Bertz CT molecular complexity index is 460. The van der Waals surface area contributed by atoms with Gasteiger partial charge in [-0.05, 0) is 24.1 Å². The van der Waals surface area contributed by atoms with Crippen LogP contribution < -0.4 is 0 Å². The quantitative estimate of drug-likeness (QED) is 0.797. The molecule has 1 rings (SSSR count). The number of carboxylic acids is 1. The molecule has 0 amide bonds. The molecule has 1 aromatic carbocycles. The van der Waals surface area contributed by atoms with E-state index in [0.717, 1.165) is 0 Å². The van der Waals surface area contributed by atoms with Gasteiger partial charge in [-0.15, -0.1) is 0 Å². The summed E-state index contributed by atoms with van der Waals surface area (Å²) in [4.78, 5) is 11.0. The average Bonchev–Trinajstić information content (AvgIpc) is 2.38. The SMILES string of the molecule is CCCCC(OC(c1ccc(Cl)cc1)C(F)(F)F)C(=O)O. The van der Waals surface area contributed by atoms with Gasteiger partial charge in [0, 0.05) is 5.02 Å². The average molecular weight is 325 g/mol. The fourth-order valence-corrected chi connectivity index (χ4v) is 1.91. The van der Waals surface area contributed by atoms with Crippen molar-refractivity contribution in [2.75, 3.05) is 0 Å². The number of unbranched alkanes of at least 4 members (excludes halogenated alkanes) is 1. The lowest BCUT2D eigenvalue weighted by Gasteiger charge is -2.25. The van der Waals surface area contributed by atoms with Gasteiger partial charge in [0.15, 0.2) is 12.2 Å². The number of benzene rings is 1. The molecule has 1 N–H and O–H groups in total. The first-order chi connectivity index (χ1) is 9.75. The van der Waals surface area contributed by atoms with Gasteiger partial charge >= 0.3 is 12.1 Å². The van der Waals surface area contributed by atoms with Crippen LogP contribution in [-0.2, 0) is 9.53 Å². The second kappa shape index (κ2) is 7.66. The largest absolute Gasteiger partial charge is 0.479 e. The number of hydrogen-bond donors (Lipinski definition) is 1. The van der Waals surface area contributed by atoms with Gasteiger partial charge in [0.1, 0.15) is 0 Å². The Labute approximate surface area is 125 Å². The summed E-state index contributed by atoms with van der Waals surface area (Å²) in [7, 11) is 0. The second-order valence-corrected chi connectivity index (χ2v) is 5.01. The Balaban J connectivity index is 2.97. The van der Waals surface area contributed by atoms with Crippen LogP contribution in [0, 0.1) is 0 Å². The van der Waals surface area contributed by atoms with Crippen LogP contribution in [0.5, 0.6) is 0 Å². The molecular weight excluding hydrogens is 309 g/mol. The molecule has 21 heavy (non-hydrogen) atoms. The van der Waals surface area contributed by atoms with E-state index >= 15 is 0 Å². The van der Waals surface area contributed by atoms with Crippen molar-refractivity contribution in [2.24, 2.45) is 0 Å². The summed E-state index contributed by atoms with van der Waals surface area (Å²) in [6, 6.07) is 4.97. The van der Waals surface area contributed by atoms with Crippen LogP contribution in [0.2, 0.25) is 5.02 Å². The van der Waals surface area contributed by atoms with Gasteiger partial charge in [-0.3, -0.25) is 0 Å². The molecule has 118 valence electrons. The van der Waals surface area contributed by atoms with Gasteiger partial charge in [0.2, 0.25) is 0 Å². The van der Waals surface area contributed by atoms with Crippen LogP contribution in [0.3, 0.4) is 0 Å². The summed E-state index contributed by atoms with van der Waals surface area (Å²) in [5.74, 6) is -1.40. The van der Waals surface area contributed by atoms with Crippen molar-refractivity contribution in [3.8, 4) is 0 Å². The highest BCUT2D eigenvalue weighted by molar-refractivity contribution is 6.30. The number of aliphatic carboxylic acids is 1. The lowest BCUT2D eigenvalue weighted by molar-refractivity contribution is -0.238. The van der Waals surface area contributed by atoms with E-state index in [2.05, 4.69) is 0 Å². The number of alkyl halides is 3. The van der Waals surface area contributed by atoms with Gasteiger partial charge in [0.25, 0.3) is 0 Å². The third-order valence-electron chi connectivity index (χ3n) is 2.87. The smallest absolute Gasteiger partial charge is 0.418 e. The molecule has 0 fully saturated rings. The predicted molar refractivity (Wildman–Crippen MR) is 72.3 cm³/mol. The Hall–Kier alpha value is -1.27. The molecule has 0 heterocycles. The minimum absolute atomic E-state index is 0.0337. The number of halogens is 4. The zero-order valence-corrected chi connectivity index (χ0v) is 12.1. The van der Waals surface area contributed by atoms with Crippen LogP contribution in [-0.4, -0.2) is 23.4 Å². The Kier molecular flexibility index (Phi) is 6.48. The summed E-state index contributed by atoms with van der Waals surface area (Å²) in [6.07, 6.45) is -7.30. The normalized spacial score (nSPS) is 14.7. The van der Waals surface area contributed by atoms with Crippen molar-refractivity contribution in [2.45, 2.75) is 44.6 Å². The first-order valence-corrected chi connectivity index (χ1v) is 6.84. The van der Waals surface area contributed by atoms with Gasteiger partial charge < -0.3 is 9.84 Å². The summed E-state index contributed by atoms with van der Waals surface area (Å²) in [5.41, 5.74) is -0.172. The number of rotatable bonds is 7. The maximum absolute atomic E-state index is 13.1. The van der Waals surface area contributed by atoms with Crippen molar-refractivity contribution in [1.29, 1.82) is 0 Å². The number of ether oxygens (including phenoxy) is 1. The third kappa shape index (κ3) is 5.55. The molecule has 2 atom stereocenters. The highest BCUT2D eigenvalue weighted by Crippen LogP contribution is 2.37. The highest BCUT2D eigenvalue weighted by atomic mass is 35.5. The molecule has 0 aliphatic rings. The minimum atomic E-state index is -4.70. The van der Waals surface area contributed by atoms with Crippen molar-refractivity contribution in [3.63, 3.8) is 0 Å². The van der Waals surface area contributed by atoms with Crippen LogP contribution in [0.1, 0.15) is 37.9 Å². The molecule has 0 aromatic heterocycles. The lowest BCUT2D eigenvalue weighted by Crippen LogP contribution is -2.32. The number of carbonyl (C=O) groups is 1. The van der Waals surface area contributed by atoms with Gasteiger partial charge in [-0.2, -0.15) is 13.2 Å². The molecule has 2 unspecified atom stereocenters. The maximum Gasteiger partial charge on any atom is 0.418 e. The maximum atomic E-state index is 13.1. The van der Waals surface area contributed by atoms with E-state index in [0.29, 0.717) is 17.9 Å². The van der Waals surface area contributed by atoms with E-state index in [-0.39, 0.29) is 12.0 Å². The van der Waals surface area contributed by atoms with Gasteiger partial charge in [-0.25, -0.2) is 4.79 Å². The molecule has 7 heteroatoms. The third-order valence-corrected chi connectivity index (χ3v) is 3.12. The van der Waals surface area contributed by atoms with Crippen LogP contribution in [0.4, 0.5) is 13.2 Å². The Morgan fingerprint density at radius 3 is 2.33 bits per heavy atom. The molecule has 0 aliphatic heterocycles. The van der Waals surface area contributed by atoms with Crippen molar-refractivity contribution in [1.82, 2.24) is 0 Å². The Morgan fingerprint density at radius 2 is 1.90 bits per heavy atom. The first-order valence-electron chi connectivity index (χ1n) is 6.46. The van der Waals surface area contributed by atoms with Crippen LogP contribution in [0.25, 0.3) is 0 Å². The summed E-state index contributed by atoms with van der Waals surface area (Å²) in [5, 5.41) is 9.28. The first kappa shape index (κ1) is 17.8. The van der Waals surface area contributed by atoms with E-state index in [1.165, 1.54) is 24.3 Å². The topological polar surface area (TPSA) is 46.5 Å². The fourth-order valence-electron chi connectivity index (χ4n) is 1.79. The molecule has 0 radical (unpaired) electrons. The van der Waals surface area contributed by atoms with Gasteiger partial charge in [0.05, 0.1) is 0 Å². The molecule has 0 saturated heterocycles. The van der Waals surface area contributed by atoms with Crippen molar-refractivity contribution >= 4 is 17.6 Å². The predicted octanol–water partition coefficient (Wildman–Crippen LogP) is 4.60. The van der Waals surface area contributed by atoms with Crippen molar-refractivity contribution in [3.05, 3.63) is 34.9 Å². The number of hydrogen-bond acceptors (Lipinski definition) is 2. The minimum Gasteiger partial charge on any atom is -0.479 e. The molecule has 3 nitrogen and oxygen atoms in total. The summed E-state index contributed by atoms with van der Waals surface area (Å²) in [6.45, 7) is 1.82. The van der Waals surface area contributed by atoms with E-state index < -0.39 is 24.4 Å². The van der Waals surface area contributed by atoms with Crippen LogP contribution in [0.15, 0.2) is 24.3 Å².